The molecule has 0 N–H and O–H groups in total. The Bertz CT molecular complexity index is 801. The Labute approximate surface area is 114 Å². The van der Waals surface area contributed by atoms with Crippen molar-refractivity contribution in [2.24, 2.45) is 0 Å². The summed E-state index contributed by atoms with van der Waals surface area (Å²) in [5, 5.41) is 17.9. The molecule has 92 valence electrons. The normalized spacial score (nSPS) is 17.1. The van der Waals surface area contributed by atoms with Crippen LogP contribution in [-0.4, -0.2) is 0 Å². The molecular weight excluding hydrogens is 255 g/mol. The van der Waals surface area contributed by atoms with Gasteiger partial charge in [-0.15, -0.1) is 0 Å². The SMILES string of the molecule is [C-]#[N+]C(C#N)=C1C/C(=C(/C#N)[N+]#[C-])c2cc(F)ccc21. The zero-order valence-electron chi connectivity index (χ0n) is 10.1. The summed E-state index contributed by atoms with van der Waals surface area (Å²) in [7, 11) is 0. The molecular formula is C15H5FN4. The van der Waals surface area contributed by atoms with E-state index < -0.39 is 5.82 Å². The molecule has 0 unspecified atom stereocenters. The molecule has 1 aromatic carbocycles. The minimum absolute atomic E-state index is 0.102. The highest BCUT2D eigenvalue weighted by atomic mass is 19.1. The molecule has 0 heterocycles. The molecule has 20 heavy (non-hydrogen) atoms. The van der Waals surface area contributed by atoms with E-state index in [1.807, 2.05) is 0 Å². The lowest BCUT2D eigenvalue weighted by atomic mass is 10.0. The van der Waals surface area contributed by atoms with Crippen molar-refractivity contribution in [3.05, 3.63) is 69.4 Å². The summed E-state index contributed by atoms with van der Waals surface area (Å²) in [4.78, 5) is 6.27. The molecule has 0 amide bonds. The van der Waals surface area contributed by atoms with Gasteiger partial charge < -0.3 is 0 Å². The fourth-order valence-corrected chi connectivity index (χ4v) is 2.14. The largest absolute Gasteiger partial charge is 0.265 e. The lowest BCUT2D eigenvalue weighted by molar-refractivity contribution is 0.627. The van der Waals surface area contributed by atoms with Crippen molar-refractivity contribution in [3.8, 4) is 12.1 Å². The van der Waals surface area contributed by atoms with Gasteiger partial charge in [0.1, 0.15) is 5.82 Å². The van der Waals surface area contributed by atoms with Crippen molar-refractivity contribution in [1.82, 2.24) is 0 Å². The van der Waals surface area contributed by atoms with Gasteiger partial charge in [-0.2, -0.15) is 0 Å². The van der Waals surface area contributed by atoms with Crippen LogP contribution in [0.2, 0.25) is 0 Å². The van der Waals surface area contributed by atoms with Crippen molar-refractivity contribution < 1.29 is 4.39 Å². The quantitative estimate of drug-likeness (QED) is 0.529. The van der Waals surface area contributed by atoms with Crippen LogP contribution in [0.1, 0.15) is 17.5 Å². The second-order valence-electron chi connectivity index (χ2n) is 3.97. The van der Waals surface area contributed by atoms with Gasteiger partial charge in [0.05, 0.1) is 25.3 Å². The van der Waals surface area contributed by atoms with Gasteiger partial charge in [-0.25, -0.2) is 24.6 Å². The van der Waals surface area contributed by atoms with E-state index in [1.54, 1.807) is 12.1 Å². The fraction of sp³-hybridized carbons (Fsp3) is 0.0667. The molecule has 4 nitrogen and oxygen atoms in total. The van der Waals surface area contributed by atoms with E-state index in [9.17, 15) is 4.39 Å². The van der Waals surface area contributed by atoms with E-state index in [1.165, 1.54) is 18.2 Å². The molecule has 1 aromatic rings. The van der Waals surface area contributed by atoms with Crippen LogP contribution < -0.4 is 0 Å². The summed E-state index contributed by atoms with van der Waals surface area (Å²) >= 11 is 0. The lowest BCUT2D eigenvalue weighted by Crippen LogP contribution is -1.86. The van der Waals surface area contributed by atoms with Gasteiger partial charge in [-0.3, -0.25) is 0 Å². The second kappa shape index (κ2) is 5.07. The Hall–Kier alpha value is -3.41. The zero-order valence-corrected chi connectivity index (χ0v) is 10.1. The highest BCUT2D eigenvalue weighted by molar-refractivity contribution is 5.97. The van der Waals surface area contributed by atoms with E-state index in [4.69, 9.17) is 23.7 Å². The number of nitriles is 2. The van der Waals surface area contributed by atoms with E-state index in [-0.39, 0.29) is 17.8 Å². The average molecular weight is 260 g/mol. The molecule has 2 rings (SSSR count). The van der Waals surface area contributed by atoms with Gasteiger partial charge in [-0.05, 0) is 40.8 Å². The Morgan fingerprint density at radius 2 is 1.60 bits per heavy atom. The molecule has 0 fully saturated rings. The Balaban J connectivity index is 2.86. The highest BCUT2D eigenvalue weighted by Gasteiger charge is 2.27. The molecule has 0 aromatic heterocycles. The van der Waals surface area contributed by atoms with E-state index in [0.29, 0.717) is 22.3 Å². The number of nitrogens with zero attached hydrogens (tertiary/aromatic N) is 4. The summed E-state index contributed by atoms with van der Waals surface area (Å²) in [5.41, 5.74) is 1.49. The molecule has 0 bridgehead atoms. The van der Waals surface area contributed by atoms with Crippen LogP contribution >= 0.6 is 0 Å². The fourth-order valence-electron chi connectivity index (χ4n) is 2.14. The van der Waals surface area contributed by atoms with Crippen LogP contribution in [0.15, 0.2) is 29.6 Å². The molecule has 1 aliphatic carbocycles. The van der Waals surface area contributed by atoms with Crippen molar-refractivity contribution in [2.75, 3.05) is 0 Å². The number of hydrogen-bond acceptors (Lipinski definition) is 2. The number of rotatable bonds is 0. The number of fused-ring (bicyclic) bond motifs is 1. The van der Waals surface area contributed by atoms with Crippen LogP contribution in [0.4, 0.5) is 4.39 Å². The highest BCUT2D eigenvalue weighted by Crippen LogP contribution is 2.44. The van der Waals surface area contributed by atoms with Gasteiger partial charge in [-0.1, -0.05) is 6.07 Å². The summed E-state index contributed by atoms with van der Waals surface area (Å²) in [6, 6.07) is 7.48. The summed E-state index contributed by atoms with van der Waals surface area (Å²) < 4.78 is 13.4. The van der Waals surface area contributed by atoms with Gasteiger partial charge in [0.25, 0.3) is 11.4 Å². The molecule has 0 saturated heterocycles. The van der Waals surface area contributed by atoms with Gasteiger partial charge in [0.2, 0.25) is 0 Å². The monoisotopic (exact) mass is 260 g/mol. The predicted molar refractivity (Wildman–Crippen MR) is 69.3 cm³/mol. The summed E-state index contributed by atoms with van der Waals surface area (Å²) in [5.74, 6) is -0.494. The lowest BCUT2D eigenvalue weighted by Gasteiger charge is -2.01. The maximum absolute atomic E-state index is 13.4. The van der Waals surface area contributed by atoms with Crippen LogP contribution in [-0.2, 0) is 0 Å². The third-order valence-electron chi connectivity index (χ3n) is 2.99. The number of hydrogen-bond donors (Lipinski definition) is 0. The molecule has 0 aliphatic heterocycles. The summed E-state index contributed by atoms with van der Waals surface area (Å²) in [6.45, 7) is 14.0. The minimum atomic E-state index is -0.494. The first-order chi connectivity index (χ1) is 9.65. The van der Waals surface area contributed by atoms with E-state index >= 15 is 0 Å². The van der Waals surface area contributed by atoms with Crippen molar-refractivity contribution in [2.45, 2.75) is 6.42 Å². The Morgan fingerprint density at radius 1 is 1.05 bits per heavy atom. The van der Waals surface area contributed by atoms with Gasteiger partial charge in [0, 0.05) is 0 Å². The Kier molecular flexibility index (Phi) is 3.30. The molecule has 5 heteroatoms. The number of halogens is 1. The minimum Gasteiger partial charge on any atom is -0.226 e. The number of allylic oxidation sites excluding steroid dienone is 4. The maximum atomic E-state index is 13.4. The third kappa shape index (κ3) is 1.91. The molecule has 0 atom stereocenters. The van der Waals surface area contributed by atoms with Crippen LogP contribution in [0.25, 0.3) is 20.8 Å². The number of benzene rings is 1. The molecule has 0 spiro atoms. The average Bonchev–Trinajstić information content (AvgIpc) is 2.81. The van der Waals surface area contributed by atoms with Gasteiger partial charge in [0.15, 0.2) is 0 Å². The maximum Gasteiger partial charge on any atom is 0.265 e. The first-order valence-corrected chi connectivity index (χ1v) is 5.48. The standard InChI is InChI=1S/C15H5FN4/c1-19-14(7-17)12-6-13(15(8-18)20-2)11-5-9(16)3-4-10(11)12/h3-5H,6H2/b14-12?,15-13+. The van der Waals surface area contributed by atoms with Gasteiger partial charge >= 0.3 is 0 Å². The second-order valence-corrected chi connectivity index (χ2v) is 3.97. The van der Waals surface area contributed by atoms with Crippen molar-refractivity contribution >= 4 is 11.1 Å². The van der Waals surface area contributed by atoms with Crippen LogP contribution in [0.5, 0.6) is 0 Å². The third-order valence-corrected chi connectivity index (χ3v) is 2.99. The van der Waals surface area contributed by atoms with Crippen molar-refractivity contribution in [3.63, 3.8) is 0 Å². The van der Waals surface area contributed by atoms with E-state index in [0.717, 1.165) is 0 Å². The molecule has 0 saturated carbocycles. The zero-order chi connectivity index (χ0) is 14.7. The summed E-state index contributed by atoms with van der Waals surface area (Å²) in [6.07, 6.45) is 0.120. The first kappa shape index (κ1) is 13.0. The topological polar surface area (TPSA) is 56.3 Å². The molecule has 0 radical (unpaired) electrons. The van der Waals surface area contributed by atoms with Crippen LogP contribution in [0.3, 0.4) is 0 Å². The molecule has 1 aliphatic rings. The van der Waals surface area contributed by atoms with E-state index in [2.05, 4.69) is 9.69 Å². The van der Waals surface area contributed by atoms with Crippen molar-refractivity contribution in [1.29, 1.82) is 10.5 Å². The van der Waals surface area contributed by atoms with Crippen LogP contribution in [0, 0.1) is 41.6 Å². The predicted octanol–water partition coefficient (Wildman–Crippen LogP) is 3.54. The first-order valence-electron chi connectivity index (χ1n) is 5.48. The smallest absolute Gasteiger partial charge is 0.226 e. The Morgan fingerprint density at radius 3 is 2.10 bits per heavy atom.